The molecule has 0 saturated carbocycles. The summed E-state index contributed by atoms with van der Waals surface area (Å²) < 4.78 is 41.7. The number of aromatic nitrogens is 2. The first-order valence-electron chi connectivity index (χ1n) is 15.4. The van der Waals surface area contributed by atoms with E-state index in [-0.39, 0.29) is 17.3 Å². The lowest BCUT2D eigenvalue weighted by Crippen LogP contribution is -2.17. The molecule has 0 saturated heterocycles. The Kier molecular flexibility index (Phi) is 9.31. The van der Waals surface area contributed by atoms with Crippen LogP contribution in [0.3, 0.4) is 0 Å². The fourth-order valence-electron chi connectivity index (χ4n) is 5.87. The molecule has 7 aromatic rings. The van der Waals surface area contributed by atoms with Gasteiger partial charge in [0.1, 0.15) is 5.75 Å². The summed E-state index contributed by atoms with van der Waals surface area (Å²) >= 11 is 0. The molecule has 0 radical (unpaired) electrons. The quantitative estimate of drug-likeness (QED) is 0.167. The van der Waals surface area contributed by atoms with Crippen molar-refractivity contribution in [3.63, 3.8) is 0 Å². The fraction of sp³-hybridized carbons (Fsp3) is 0.0732. The van der Waals surface area contributed by atoms with E-state index in [9.17, 15) is 22.8 Å². The molecule has 0 spiro atoms. The third-order valence-electron chi connectivity index (χ3n) is 7.90. The minimum atomic E-state index is -4.79. The molecule has 7 rings (SSSR count). The maximum absolute atomic E-state index is 13.0. The highest BCUT2D eigenvalue weighted by atomic mass is 19.4. The van der Waals surface area contributed by atoms with Crippen molar-refractivity contribution in [3.05, 3.63) is 162 Å². The topological polar surface area (TPSA) is 69.2 Å². The molecular formula is C41H29F3N2O3. The van der Waals surface area contributed by atoms with E-state index in [0.29, 0.717) is 38.9 Å². The Morgan fingerprint density at radius 3 is 1.84 bits per heavy atom. The Morgan fingerprint density at radius 1 is 0.653 bits per heavy atom. The number of para-hydroxylation sites is 1. The zero-order chi connectivity index (χ0) is 34.5. The molecule has 8 heteroatoms. The van der Waals surface area contributed by atoms with Gasteiger partial charge in [0.2, 0.25) is 0 Å². The van der Waals surface area contributed by atoms with Gasteiger partial charge in [0.05, 0.1) is 11.0 Å². The number of carbonyl (C=O) groups excluding carboxylic acids is 2. The van der Waals surface area contributed by atoms with Crippen LogP contribution in [0.1, 0.15) is 38.9 Å². The number of nitrogens with zero attached hydrogens (tertiary/aromatic N) is 2. The summed E-state index contributed by atoms with van der Waals surface area (Å²) in [5.74, 6) is -0.557. The van der Waals surface area contributed by atoms with Crippen LogP contribution in [0, 0.1) is 6.92 Å². The van der Waals surface area contributed by atoms with Crippen LogP contribution >= 0.6 is 0 Å². The molecule has 0 atom stereocenters. The van der Waals surface area contributed by atoms with Gasteiger partial charge in [-0.1, -0.05) is 109 Å². The van der Waals surface area contributed by atoms with Crippen LogP contribution in [0.2, 0.25) is 0 Å². The van der Waals surface area contributed by atoms with Gasteiger partial charge in [-0.05, 0) is 49.2 Å². The number of fused-ring (bicyclic) bond motifs is 2. The summed E-state index contributed by atoms with van der Waals surface area (Å²) in [5, 5.41) is 1.43. The Morgan fingerprint density at radius 2 is 1.22 bits per heavy atom. The summed E-state index contributed by atoms with van der Waals surface area (Å²) in [6.45, 7) is 3.13. The second-order valence-corrected chi connectivity index (χ2v) is 11.2. The van der Waals surface area contributed by atoms with Crippen molar-refractivity contribution in [3.8, 4) is 28.0 Å². The number of ether oxygens (including phenoxy) is 1. The number of aryl methyl sites for hydroxylation is 1. The Balaban J connectivity index is 0.000000170. The molecule has 0 amide bonds. The second kappa shape index (κ2) is 13.9. The SMILES string of the molecule is CC(=O)c1c(C)nc2ccc(OC(F)(F)F)cc2c1-c1ccccc1.O=C(c1ccccc1)c1cnc2ccccc2c1-c1ccccc1. The van der Waals surface area contributed by atoms with Crippen LogP contribution in [-0.2, 0) is 0 Å². The number of Topliss-reactive ketones (excluding diaryl/α,β-unsaturated/α-hetero) is 1. The molecule has 0 aliphatic heterocycles. The molecular weight excluding hydrogens is 625 g/mol. The van der Waals surface area contributed by atoms with Crippen LogP contribution in [0.5, 0.6) is 5.75 Å². The highest BCUT2D eigenvalue weighted by Crippen LogP contribution is 2.36. The monoisotopic (exact) mass is 654 g/mol. The van der Waals surface area contributed by atoms with Gasteiger partial charge in [-0.25, -0.2) is 0 Å². The number of benzene rings is 5. The van der Waals surface area contributed by atoms with Crippen molar-refractivity contribution in [2.75, 3.05) is 0 Å². The highest BCUT2D eigenvalue weighted by Gasteiger charge is 2.31. The van der Waals surface area contributed by atoms with Gasteiger partial charge in [0.15, 0.2) is 11.6 Å². The minimum Gasteiger partial charge on any atom is -0.406 e. The number of carbonyl (C=O) groups is 2. The zero-order valence-corrected chi connectivity index (χ0v) is 26.5. The summed E-state index contributed by atoms with van der Waals surface area (Å²) in [6.07, 6.45) is -3.10. The zero-order valence-electron chi connectivity index (χ0n) is 26.5. The number of halogens is 3. The molecule has 0 bridgehead atoms. The first-order chi connectivity index (χ1) is 23.6. The van der Waals surface area contributed by atoms with Crippen LogP contribution < -0.4 is 4.74 Å². The van der Waals surface area contributed by atoms with Gasteiger partial charge in [-0.2, -0.15) is 0 Å². The summed E-state index contributed by atoms with van der Waals surface area (Å²) in [4.78, 5) is 34.1. The highest BCUT2D eigenvalue weighted by molar-refractivity contribution is 6.16. The number of hydrogen-bond acceptors (Lipinski definition) is 5. The van der Waals surface area contributed by atoms with Crippen molar-refractivity contribution in [2.24, 2.45) is 0 Å². The maximum atomic E-state index is 13.0. The second-order valence-electron chi connectivity index (χ2n) is 11.2. The van der Waals surface area contributed by atoms with E-state index < -0.39 is 6.36 Å². The van der Waals surface area contributed by atoms with E-state index in [1.165, 1.54) is 25.1 Å². The van der Waals surface area contributed by atoms with Crippen LogP contribution in [0.15, 0.2) is 140 Å². The standard InChI is InChI=1S/C22H15NO.C19H14F3NO2/c24-22(17-11-5-2-6-12-17)19-15-23-20-14-8-7-13-18(20)21(19)16-9-3-1-4-10-16;1-11-17(12(2)24)18(13-6-4-3-5-7-13)15-10-14(25-19(20,21)22)8-9-16(15)23-11/h1-15H;3-10H,1-2H3. The molecule has 0 N–H and O–H groups in total. The molecule has 0 unspecified atom stereocenters. The largest absolute Gasteiger partial charge is 0.573 e. The normalized spacial score (nSPS) is 11.1. The molecule has 0 fully saturated rings. The van der Waals surface area contributed by atoms with E-state index in [1.807, 2.05) is 91.0 Å². The lowest BCUT2D eigenvalue weighted by molar-refractivity contribution is -0.274. The van der Waals surface area contributed by atoms with Crippen molar-refractivity contribution >= 4 is 33.4 Å². The maximum Gasteiger partial charge on any atom is 0.573 e. The lowest BCUT2D eigenvalue weighted by atomic mass is 9.92. The Hall–Kier alpha value is -6.15. The van der Waals surface area contributed by atoms with Crippen LogP contribution in [-0.4, -0.2) is 27.9 Å². The van der Waals surface area contributed by atoms with E-state index in [4.69, 9.17) is 0 Å². The van der Waals surface area contributed by atoms with Gasteiger partial charge in [0, 0.05) is 50.5 Å². The molecule has 5 aromatic carbocycles. The molecule has 49 heavy (non-hydrogen) atoms. The first-order valence-corrected chi connectivity index (χ1v) is 15.4. The average molecular weight is 655 g/mol. The number of ketones is 2. The molecule has 0 aliphatic rings. The number of hydrogen-bond donors (Lipinski definition) is 0. The predicted octanol–water partition coefficient (Wildman–Crippen LogP) is 10.4. The van der Waals surface area contributed by atoms with Crippen molar-refractivity contribution in [2.45, 2.75) is 20.2 Å². The minimum absolute atomic E-state index is 0.00675. The molecule has 242 valence electrons. The summed E-state index contributed by atoms with van der Waals surface area (Å²) in [6, 6.07) is 40.3. The van der Waals surface area contributed by atoms with Gasteiger partial charge in [0.25, 0.3) is 0 Å². The Labute approximate surface area is 280 Å². The Bertz CT molecular complexity index is 2290. The number of pyridine rings is 2. The third-order valence-corrected chi connectivity index (χ3v) is 7.90. The molecule has 2 heterocycles. The van der Waals surface area contributed by atoms with E-state index >= 15 is 0 Å². The smallest absolute Gasteiger partial charge is 0.406 e. The van der Waals surface area contributed by atoms with Gasteiger partial charge in [-0.3, -0.25) is 19.6 Å². The van der Waals surface area contributed by atoms with Crippen molar-refractivity contribution < 1.29 is 27.5 Å². The number of alkyl halides is 3. The molecule has 0 aliphatic carbocycles. The van der Waals surface area contributed by atoms with Gasteiger partial charge < -0.3 is 4.74 Å². The predicted molar refractivity (Wildman–Crippen MR) is 186 cm³/mol. The van der Waals surface area contributed by atoms with Gasteiger partial charge in [-0.15, -0.1) is 13.2 Å². The van der Waals surface area contributed by atoms with E-state index in [2.05, 4.69) is 14.7 Å². The van der Waals surface area contributed by atoms with Crippen molar-refractivity contribution in [1.82, 2.24) is 9.97 Å². The van der Waals surface area contributed by atoms with Crippen LogP contribution in [0.25, 0.3) is 44.1 Å². The molecule has 5 nitrogen and oxygen atoms in total. The van der Waals surface area contributed by atoms with Crippen LogP contribution in [0.4, 0.5) is 13.2 Å². The fourth-order valence-corrected chi connectivity index (χ4v) is 5.87. The first kappa shape index (κ1) is 32.8. The average Bonchev–Trinajstić information content (AvgIpc) is 3.11. The molecule has 2 aromatic heterocycles. The summed E-state index contributed by atoms with van der Waals surface area (Å²) in [7, 11) is 0. The van der Waals surface area contributed by atoms with E-state index in [1.54, 1.807) is 37.4 Å². The van der Waals surface area contributed by atoms with Crippen molar-refractivity contribution in [1.29, 1.82) is 0 Å². The number of rotatable bonds is 6. The van der Waals surface area contributed by atoms with Gasteiger partial charge >= 0.3 is 6.36 Å². The third kappa shape index (κ3) is 7.23. The van der Waals surface area contributed by atoms with E-state index in [0.717, 1.165) is 27.6 Å². The summed E-state index contributed by atoms with van der Waals surface area (Å²) in [5.41, 5.74) is 6.86. The lowest BCUT2D eigenvalue weighted by Gasteiger charge is -2.15.